The first-order valence-corrected chi connectivity index (χ1v) is 7.92. The third kappa shape index (κ3) is 5.66. The van der Waals surface area contributed by atoms with Gasteiger partial charge >= 0.3 is 0 Å². The zero-order chi connectivity index (χ0) is 12.9. The van der Waals surface area contributed by atoms with Crippen LogP contribution in [-0.2, 0) is 10.0 Å². The van der Waals surface area contributed by atoms with Crippen LogP contribution in [0.4, 0.5) is 0 Å². The molecule has 0 saturated heterocycles. The lowest BCUT2D eigenvalue weighted by Gasteiger charge is -2.20. The number of likely N-dealkylation sites (N-methyl/N-ethyl adjacent to an activating group) is 1. The normalized spacial score (nSPS) is 16.4. The molecule has 1 N–H and O–H groups in total. The molecule has 0 unspecified atom stereocenters. The average molecular weight is 260 g/mol. The van der Waals surface area contributed by atoms with Gasteiger partial charge in [-0.3, -0.25) is 0 Å². The highest BCUT2D eigenvalue weighted by molar-refractivity contribution is 7.89. The summed E-state index contributed by atoms with van der Waals surface area (Å²) < 4.78 is 25.5. The first-order chi connectivity index (χ1) is 7.95. The zero-order valence-electron chi connectivity index (χ0n) is 10.9. The van der Waals surface area contributed by atoms with Crippen molar-refractivity contribution in [1.29, 1.82) is 0 Å². The van der Waals surface area contributed by atoms with Crippen molar-refractivity contribution in [1.82, 2.24) is 9.62 Å². The highest BCUT2D eigenvalue weighted by atomic mass is 32.2. The minimum Gasteiger partial charge on any atom is -0.314 e. The smallest absolute Gasteiger partial charge is 0.214 e. The van der Waals surface area contributed by atoms with E-state index >= 15 is 0 Å². The summed E-state index contributed by atoms with van der Waals surface area (Å²) in [6, 6.07) is 0.649. The Labute approximate surface area is 105 Å². The number of hydrogen-bond acceptors (Lipinski definition) is 3. The summed E-state index contributed by atoms with van der Waals surface area (Å²) in [7, 11) is -3.11. The van der Waals surface area contributed by atoms with Crippen LogP contribution in [0.5, 0.6) is 0 Å². The molecule has 0 bridgehead atoms. The van der Waals surface area contributed by atoms with Crippen molar-refractivity contribution < 1.29 is 8.42 Å². The Morgan fingerprint density at radius 1 is 1.47 bits per heavy atom. The largest absolute Gasteiger partial charge is 0.314 e. The van der Waals surface area contributed by atoms with Crippen LogP contribution in [0.3, 0.4) is 0 Å². The second kappa shape index (κ2) is 6.52. The Morgan fingerprint density at radius 2 is 2.12 bits per heavy atom. The van der Waals surface area contributed by atoms with Crippen molar-refractivity contribution in [3.63, 3.8) is 0 Å². The molecule has 1 saturated carbocycles. The van der Waals surface area contributed by atoms with Crippen LogP contribution >= 0.6 is 0 Å². The third-order valence-corrected chi connectivity index (χ3v) is 4.76. The van der Waals surface area contributed by atoms with Gasteiger partial charge in [0.15, 0.2) is 0 Å². The summed E-state index contributed by atoms with van der Waals surface area (Å²) in [5.41, 5.74) is 0.881. The maximum absolute atomic E-state index is 12.0. The second-order valence-electron chi connectivity index (χ2n) is 4.78. The predicted octanol–water partition coefficient (Wildman–Crippen LogP) is 1.36. The first-order valence-electron chi connectivity index (χ1n) is 6.31. The molecule has 1 aliphatic rings. The van der Waals surface area contributed by atoms with Gasteiger partial charge in [-0.15, -0.1) is 0 Å². The Morgan fingerprint density at radius 3 is 2.59 bits per heavy atom. The van der Waals surface area contributed by atoms with Crippen LogP contribution in [0.25, 0.3) is 0 Å². The standard InChI is InChI=1S/C12H24N2O2S/c1-4-14(10-11(2)3)17(15,16)9-5-8-13-12-6-7-12/h12-13H,2,4-10H2,1,3H3. The van der Waals surface area contributed by atoms with Gasteiger partial charge in [0.25, 0.3) is 0 Å². The Hall–Kier alpha value is -0.390. The van der Waals surface area contributed by atoms with Crippen LogP contribution < -0.4 is 5.32 Å². The molecular weight excluding hydrogens is 236 g/mol. The van der Waals surface area contributed by atoms with Crippen molar-refractivity contribution in [3.8, 4) is 0 Å². The van der Waals surface area contributed by atoms with Gasteiger partial charge in [0.05, 0.1) is 5.75 Å². The molecule has 0 aromatic carbocycles. The average Bonchev–Trinajstić information content (AvgIpc) is 3.04. The number of rotatable bonds is 9. The minimum atomic E-state index is -3.11. The highest BCUT2D eigenvalue weighted by Gasteiger charge is 2.22. The van der Waals surface area contributed by atoms with Crippen LogP contribution in [0.2, 0.25) is 0 Å². The SMILES string of the molecule is C=C(C)CN(CC)S(=O)(=O)CCCNC1CC1. The van der Waals surface area contributed by atoms with Crippen molar-refractivity contribution in [2.45, 2.75) is 39.2 Å². The highest BCUT2D eigenvalue weighted by Crippen LogP contribution is 2.18. The lowest BCUT2D eigenvalue weighted by atomic mass is 10.3. The molecule has 17 heavy (non-hydrogen) atoms. The monoisotopic (exact) mass is 260 g/mol. The van der Waals surface area contributed by atoms with Crippen LogP contribution in [0.15, 0.2) is 12.2 Å². The van der Waals surface area contributed by atoms with E-state index in [1.54, 1.807) is 0 Å². The summed E-state index contributed by atoms with van der Waals surface area (Å²) in [6.07, 6.45) is 3.17. The number of hydrogen-bond donors (Lipinski definition) is 1. The molecule has 0 amide bonds. The number of nitrogens with zero attached hydrogens (tertiary/aromatic N) is 1. The van der Waals surface area contributed by atoms with Gasteiger partial charge in [0.1, 0.15) is 0 Å². The van der Waals surface area contributed by atoms with Gasteiger partial charge in [-0.05, 0) is 32.7 Å². The van der Waals surface area contributed by atoms with Crippen molar-refractivity contribution >= 4 is 10.0 Å². The minimum absolute atomic E-state index is 0.230. The lowest BCUT2D eigenvalue weighted by molar-refractivity contribution is 0.451. The van der Waals surface area contributed by atoms with Gasteiger partial charge in [-0.25, -0.2) is 8.42 Å². The molecule has 5 heteroatoms. The molecule has 1 fully saturated rings. The van der Waals surface area contributed by atoms with Gasteiger partial charge in [0, 0.05) is 19.1 Å². The fourth-order valence-corrected chi connectivity index (χ4v) is 3.26. The van der Waals surface area contributed by atoms with Crippen LogP contribution in [0.1, 0.15) is 33.1 Å². The Balaban J connectivity index is 2.32. The van der Waals surface area contributed by atoms with Crippen LogP contribution in [-0.4, -0.2) is 44.2 Å². The molecule has 0 aliphatic heterocycles. The summed E-state index contributed by atoms with van der Waals surface area (Å²) in [4.78, 5) is 0. The maximum atomic E-state index is 12.0. The van der Waals surface area contributed by atoms with E-state index in [2.05, 4.69) is 11.9 Å². The molecule has 100 valence electrons. The predicted molar refractivity (Wildman–Crippen MR) is 71.5 cm³/mol. The number of nitrogens with one attached hydrogen (secondary N) is 1. The van der Waals surface area contributed by atoms with E-state index in [1.165, 1.54) is 17.1 Å². The van der Waals surface area contributed by atoms with Crippen molar-refractivity contribution in [3.05, 3.63) is 12.2 Å². The van der Waals surface area contributed by atoms with E-state index in [0.717, 1.165) is 12.1 Å². The van der Waals surface area contributed by atoms with Gasteiger partial charge in [-0.2, -0.15) is 4.31 Å². The Kier molecular flexibility index (Phi) is 5.62. The van der Waals surface area contributed by atoms with Gasteiger partial charge in [-0.1, -0.05) is 19.1 Å². The summed E-state index contributed by atoms with van der Waals surface area (Å²) in [6.45, 7) is 9.24. The Bertz CT molecular complexity index is 348. The van der Waals surface area contributed by atoms with Crippen molar-refractivity contribution in [2.75, 3.05) is 25.4 Å². The molecular formula is C12H24N2O2S. The van der Waals surface area contributed by atoms with Crippen LogP contribution in [0, 0.1) is 0 Å². The van der Waals surface area contributed by atoms with Crippen molar-refractivity contribution in [2.24, 2.45) is 0 Å². The molecule has 0 atom stereocenters. The van der Waals surface area contributed by atoms with E-state index in [4.69, 9.17) is 0 Å². The topological polar surface area (TPSA) is 49.4 Å². The third-order valence-electron chi connectivity index (χ3n) is 2.78. The van der Waals surface area contributed by atoms with E-state index in [9.17, 15) is 8.42 Å². The summed E-state index contributed by atoms with van der Waals surface area (Å²) >= 11 is 0. The van der Waals surface area contributed by atoms with Gasteiger partial charge < -0.3 is 5.32 Å². The first kappa shape index (κ1) is 14.7. The quantitative estimate of drug-likeness (QED) is 0.503. The molecule has 0 aromatic rings. The molecule has 1 rings (SSSR count). The summed E-state index contributed by atoms with van der Waals surface area (Å²) in [5, 5.41) is 3.33. The maximum Gasteiger partial charge on any atom is 0.214 e. The second-order valence-corrected chi connectivity index (χ2v) is 6.87. The fraction of sp³-hybridized carbons (Fsp3) is 0.833. The fourth-order valence-electron chi connectivity index (χ4n) is 1.69. The molecule has 0 heterocycles. The van der Waals surface area contributed by atoms with E-state index in [1.807, 2.05) is 13.8 Å². The lowest BCUT2D eigenvalue weighted by Crippen LogP contribution is -2.35. The van der Waals surface area contributed by atoms with E-state index in [-0.39, 0.29) is 5.75 Å². The van der Waals surface area contributed by atoms with Gasteiger partial charge in [0.2, 0.25) is 10.0 Å². The zero-order valence-corrected chi connectivity index (χ0v) is 11.7. The number of sulfonamides is 1. The molecule has 0 aromatic heterocycles. The van der Waals surface area contributed by atoms with E-state index in [0.29, 0.717) is 25.6 Å². The molecule has 1 aliphatic carbocycles. The van der Waals surface area contributed by atoms with E-state index < -0.39 is 10.0 Å². The molecule has 0 spiro atoms. The molecule has 0 radical (unpaired) electrons. The summed E-state index contributed by atoms with van der Waals surface area (Å²) in [5.74, 6) is 0.230. The molecule has 4 nitrogen and oxygen atoms in total.